The van der Waals surface area contributed by atoms with Crippen molar-refractivity contribution in [3.05, 3.63) is 34.4 Å². The Bertz CT molecular complexity index is 372. The van der Waals surface area contributed by atoms with Crippen molar-refractivity contribution in [2.75, 3.05) is 0 Å². The Morgan fingerprint density at radius 3 is 2.69 bits per heavy atom. The molecule has 2 nitrogen and oxygen atoms in total. The highest BCUT2D eigenvalue weighted by Crippen LogP contribution is 2.28. The number of nitrogens with zero attached hydrogens (tertiary/aromatic N) is 2. The molecule has 0 aromatic carbocycles. The Morgan fingerprint density at radius 1 is 1.31 bits per heavy atom. The lowest BCUT2D eigenvalue weighted by Crippen LogP contribution is -1.82. The SMILES string of the molecule is Brc1cnc(Sc2cccs2)nc1. The first-order chi connectivity index (χ1) is 6.34. The summed E-state index contributed by atoms with van der Waals surface area (Å²) >= 11 is 6.56. The molecular weight excluding hydrogens is 268 g/mol. The monoisotopic (exact) mass is 272 g/mol. The molecule has 0 saturated heterocycles. The summed E-state index contributed by atoms with van der Waals surface area (Å²) in [7, 11) is 0. The van der Waals surface area contributed by atoms with E-state index < -0.39 is 0 Å². The average Bonchev–Trinajstić information content (AvgIpc) is 2.62. The van der Waals surface area contributed by atoms with Crippen molar-refractivity contribution >= 4 is 39.0 Å². The van der Waals surface area contributed by atoms with Gasteiger partial charge in [0.2, 0.25) is 0 Å². The fourth-order valence-electron chi connectivity index (χ4n) is 0.765. The van der Waals surface area contributed by atoms with Crippen LogP contribution in [0.3, 0.4) is 0 Å². The highest BCUT2D eigenvalue weighted by molar-refractivity contribution is 9.10. The summed E-state index contributed by atoms with van der Waals surface area (Å²) in [5.41, 5.74) is 0. The molecule has 0 aliphatic rings. The second-order valence-electron chi connectivity index (χ2n) is 2.22. The minimum atomic E-state index is 0.783. The number of hydrogen-bond donors (Lipinski definition) is 0. The van der Waals surface area contributed by atoms with Crippen molar-refractivity contribution in [3.63, 3.8) is 0 Å². The third-order valence-corrected chi connectivity index (χ3v) is 3.62. The first kappa shape index (κ1) is 9.18. The minimum Gasteiger partial charge on any atom is -0.230 e. The van der Waals surface area contributed by atoms with E-state index >= 15 is 0 Å². The van der Waals surface area contributed by atoms with E-state index in [2.05, 4.69) is 32.0 Å². The summed E-state index contributed by atoms with van der Waals surface area (Å²) < 4.78 is 2.12. The third kappa shape index (κ3) is 2.52. The zero-order chi connectivity index (χ0) is 9.10. The smallest absolute Gasteiger partial charge is 0.193 e. The molecule has 0 unspecified atom stereocenters. The van der Waals surface area contributed by atoms with E-state index in [1.54, 1.807) is 35.5 Å². The third-order valence-electron chi connectivity index (χ3n) is 1.28. The lowest BCUT2D eigenvalue weighted by Gasteiger charge is -1.95. The molecule has 0 aliphatic carbocycles. The van der Waals surface area contributed by atoms with Crippen molar-refractivity contribution in [1.29, 1.82) is 0 Å². The summed E-state index contributed by atoms with van der Waals surface area (Å²) in [5.74, 6) is 0. The number of hydrogen-bond acceptors (Lipinski definition) is 4. The Kier molecular flexibility index (Phi) is 2.97. The van der Waals surface area contributed by atoms with Gasteiger partial charge in [-0.1, -0.05) is 6.07 Å². The summed E-state index contributed by atoms with van der Waals surface area (Å²) in [5, 5.41) is 2.83. The Balaban J connectivity index is 2.15. The topological polar surface area (TPSA) is 25.8 Å². The Hall–Kier alpha value is -0.390. The molecule has 5 heteroatoms. The van der Waals surface area contributed by atoms with Crippen molar-refractivity contribution in [3.8, 4) is 0 Å². The van der Waals surface area contributed by atoms with E-state index in [0.29, 0.717) is 0 Å². The molecule has 2 aromatic heterocycles. The zero-order valence-corrected chi connectivity index (χ0v) is 9.69. The first-order valence-corrected chi connectivity index (χ1v) is 6.02. The van der Waals surface area contributed by atoms with E-state index in [1.165, 1.54) is 4.21 Å². The molecule has 2 aromatic rings. The summed E-state index contributed by atoms with van der Waals surface area (Å²) in [4.78, 5) is 8.33. The lowest BCUT2D eigenvalue weighted by atomic mass is 10.7. The predicted molar refractivity (Wildman–Crippen MR) is 58.2 cm³/mol. The van der Waals surface area contributed by atoms with Crippen LogP contribution in [0.4, 0.5) is 0 Å². The van der Waals surface area contributed by atoms with E-state index in [0.717, 1.165) is 9.63 Å². The van der Waals surface area contributed by atoms with Crippen LogP contribution in [0, 0.1) is 0 Å². The van der Waals surface area contributed by atoms with E-state index in [-0.39, 0.29) is 0 Å². The van der Waals surface area contributed by atoms with Crippen molar-refractivity contribution < 1.29 is 0 Å². The van der Waals surface area contributed by atoms with Crippen LogP contribution >= 0.6 is 39.0 Å². The number of thiophene rings is 1. The summed E-state index contributed by atoms with van der Waals surface area (Å²) in [6.07, 6.45) is 3.51. The molecule has 0 N–H and O–H groups in total. The van der Waals surface area contributed by atoms with Gasteiger partial charge in [0, 0.05) is 12.4 Å². The second kappa shape index (κ2) is 4.21. The van der Waals surface area contributed by atoms with Crippen LogP contribution in [0.25, 0.3) is 0 Å². The lowest BCUT2D eigenvalue weighted by molar-refractivity contribution is 0.959. The normalized spacial score (nSPS) is 10.2. The van der Waals surface area contributed by atoms with Crippen LogP contribution in [-0.4, -0.2) is 9.97 Å². The fourth-order valence-corrected chi connectivity index (χ4v) is 2.54. The van der Waals surface area contributed by atoms with Gasteiger partial charge in [0.15, 0.2) is 5.16 Å². The van der Waals surface area contributed by atoms with Crippen LogP contribution < -0.4 is 0 Å². The van der Waals surface area contributed by atoms with Gasteiger partial charge in [-0.15, -0.1) is 11.3 Å². The Labute approximate surface area is 92.6 Å². The standard InChI is InChI=1S/C8H5BrN2S2/c9-6-4-10-8(11-5-6)13-7-2-1-3-12-7/h1-5H. The zero-order valence-electron chi connectivity index (χ0n) is 6.48. The highest BCUT2D eigenvalue weighted by Gasteiger charge is 1.99. The molecule has 0 radical (unpaired) electrons. The molecule has 0 atom stereocenters. The van der Waals surface area contributed by atoms with Gasteiger partial charge < -0.3 is 0 Å². The molecule has 0 fully saturated rings. The molecule has 2 heterocycles. The molecule has 0 spiro atoms. The summed E-state index contributed by atoms with van der Waals surface area (Å²) in [6, 6.07) is 4.08. The molecule has 0 saturated carbocycles. The van der Waals surface area contributed by atoms with Gasteiger partial charge in [-0.2, -0.15) is 0 Å². The fraction of sp³-hybridized carbons (Fsp3) is 0. The average molecular weight is 273 g/mol. The molecule has 2 rings (SSSR count). The minimum absolute atomic E-state index is 0.783. The number of halogens is 1. The van der Waals surface area contributed by atoms with Crippen molar-refractivity contribution in [2.24, 2.45) is 0 Å². The maximum atomic E-state index is 4.16. The maximum absolute atomic E-state index is 4.16. The first-order valence-electron chi connectivity index (χ1n) is 3.53. The number of rotatable bonds is 2. The van der Waals surface area contributed by atoms with Crippen LogP contribution in [0.2, 0.25) is 0 Å². The van der Waals surface area contributed by atoms with Crippen LogP contribution in [0.1, 0.15) is 0 Å². The predicted octanol–water partition coefficient (Wildman–Crippen LogP) is 3.45. The Morgan fingerprint density at radius 2 is 2.08 bits per heavy atom. The van der Waals surface area contributed by atoms with Gasteiger partial charge in [-0.05, 0) is 39.1 Å². The number of aromatic nitrogens is 2. The van der Waals surface area contributed by atoms with Gasteiger partial charge in [0.1, 0.15) is 0 Å². The molecule has 66 valence electrons. The van der Waals surface area contributed by atoms with E-state index in [1.807, 2.05) is 11.4 Å². The molecule has 13 heavy (non-hydrogen) atoms. The van der Waals surface area contributed by atoms with E-state index in [4.69, 9.17) is 0 Å². The van der Waals surface area contributed by atoms with Gasteiger partial charge >= 0.3 is 0 Å². The molecule has 0 aliphatic heterocycles. The van der Waals surface area contributed by atoms with Gasteiger partial charge in [-0.3, -0.25) is 0 Å². The quantitative estimate of drug-likeness (QED) is 0.784. The second-order valence-corrected chi connectivity index (χ2v) is 5.35. The van der Waals surface area contributed by atoms with Crippen LogP contribution in [0.5, 0.6) is 0 Å². The van der Waals surface area contributed by atoms with Gasteiger partial charge in [0.05, 0.1) is 8.68 Å². The molecule has 0 amide bonds. The highest BCUT2D eigenvalue weighted by atomic mass is 79.9. The van der Waals surface area contributed by atoms with Gasteiger partial charge in [-0.25, -0.2) is 9.97 Å². The molecule has 0 bridgehead atoms. The van der Waals surface area contributed by atoms with E-state index in [9.17, 15) is 0 Å². The van der Waals surface area contributed by atoms with Crippen LogP contribution in [-0.2, 0) is 0 Å². The van der Waals surface area contributed by atoms with Crippen LogP contribution in [0.15, 0.2) is 43.7 Å². The largest absolute Gasteiger partial charge is 0.230 e. The molecular formula is C8H5BrN2S2. The van der Waals surface area contributed by atoms with Crippen molar-refractivity contribution in [1.82, 2.24) is 9.97 Å². The summed E-state index contributed by atoms with van der Waals surface area (Å²) in [6.45, 7) is 0. The van der Waals surface area contributed by atoms with Crippen molar-refractivity contribution in [2.45, 2.75) is 9.37 Å². The maximum Gasteiger partial charge on any atom is 0.193 e. The van der Waals surface area contributed by atoms with Gasteiger partial charge in [0.25, 0.3) is 0 Å².